The summed E-state index contributed by atoms with van der Waals surface area (Å²) in [6.07, 6.45) is 0. The maximum absolute atomic E-state index is 6.50. The van der Waals surface area contributed by atoms with Crippen LogP contribution >= 0.6 is 0 Å². The van der Waals surface area contributed by atoms with E-state index < -0.39 is 5.41 Å². The summed E-state index contributed by atoms with van der Waals surface area (Å²) in [6, 6.07) is 72.2. The molecule has 0 fully saturated rings. The van der Waals surface area contributed by atoms with E-state index in [0.717, 1.165) is 44.6 Å². The molecule has 10 rings (SSSR count). The minimum Gasteiger partial charge on any atom is -0.456 e. The van der Waals surface area contributed by atoms with Crippen LogP contribution in [0.3, 0.4) is 0 Å². The summed E-state index contributed by atoms with van der Waals surface area (Å²) in [5.74, 6) is 0. The van der Waals surface area contributed by atoms with Gasteiger partial charge in [-0.2, -0.15) is 0 Å². The van der Waals surface area contributed by atoms with Crippen molar-refractivity contribution in [1.29, 1.82) is 0 Å². The van der Waals surface area contributed by atoms with Gasteiger partial charge in [-0.3, -0.25) is 0 Å². The molecule has 0 saturated heterocycles. The van der Waals surface area contributed by atoms with Gasteiger partial charge in [-0.05, 0) is 63.7 Å². The number of hydrogen-bond acceptors (Lipinski definition) is 2. The Morgan fingerprint density at radius 1 is 0.373 bits per heavy atom. The van der Waals surface area contributed by atoms with Crippen LogP contribution in [0.15, 0.2) is 205 Å². The second-order valence-electron chi connectivity index (χ2n) is 13.2. The monoisotopic (exact) mass is 651 g/mol. The molecular formula is C49H33NO. The van der Waals surface area contributed by atoms with E-state index in [1.165, 1.54) is 38.9 Å². The van der Waals surface area contributed by atoms with Gasteiger partial charge in [0, 0.05) is 16.5 Å². The summed E-state index contributed by atoms with van der Waals surface area (Å²) in [6.45, 7) is 0. The largest absolute Gasteiger partial charge is 0.456 e. The second kappa shape index (κ2) is 11.8. The predicted molar refractivity (Wildman–Crippen MR) is 211 cm³/mol. The van der Waals surface area contributed by atoms with Crippen molar-refractivity contribution in [2.75, 3.05) is 4.90 Å². The van der Waals surface area contributed by atoms with Crippen LogP contribution in [0.1, 0.15) is 22.3 Å². The summed E-state index contributed by atoms with van der Waals surface area (Å²) in [5.41, 5.74) is 14.4. The summed E-state index contributed by atoms with van der Waals surface area (Å²) in [7, 11) is 0. The number of fused-ring (bicyclic) bond motifs is 6. The smallest absolute Gasteiger partial charge is 0.137 e. The van der Waals surface area contributed by atoms with Gasteiger partial charge in [0.15, 0.2) is 0 Å². The number of furan rings is 1. The van der Waals surface area contributed by atoms with Crippen molar-refractivity contribution in [3.63, 3.8) is 0 Å². The minimum absolute atomic E-state index is 0.510. The van der Waals surface area contributed by atoms with Gasteiger partial charge in [-0.15, -0.1) is 0 Å². The third-order valence-corrected chi connectivity index (χ3v) is 10.6. The fraction of sp³-hybridized carbons (Fsp3) is 0.0204. The highest BCUT2D eigenvalue weighted by Crippen LogP contribution is 2.60. The molecule has 1 aliphatic carbocycles. The van der Waals surface area contributed by atoms with Crippen molar-refractivity contribution in [1.82, 2.24) is 0 Å². The van der Waals surface area contributed by atoms with E-state index in [-0.39, 0.29) is 0 Å². The molecule has 0 radical (unpaired) electrons. The summed E-state index contributed by atoms with van der Waals surface area (Å²) < 4.78 is 6.50. The Bertz CT molecular complexity index is 2650. The number of nitrogens with zero attached hydrogens (tertiary/aromatic N) is 1. The normalized spacial score (nSPS) is 12.9. The predicted octanol–water partition coefficient (Wildman–Crippen LogP) is 13.1. The van der Waals surface area contributed by atoms with Crippen molar-refractivity contribution in [3.8, 4) is 22.3 Å². The van der Waals surface area contributed by atoms with E-state index in [2.05, 4.69) is 199 Å². The minimum atomic E-state index is -0.510. The zero-order chi connectivity index (χ0) is 33.8. The van der Waals surface area contributed by atoms with E-state index in [4.69, 9.17) is 4.42 Å². The highest BCUT2D eigenvalue weighted by Gasteiger charge is 2.47. The maximum Gasteiger partial charge on any atom is 0.137 e. The van der Waals surface area contributed by atoms with Crippen molar-refractivity contribution < 1.29 is 4.42 Å². The number of rotatable bonds is 6. The molecule has 0 spiro atoms. The van der Waals surface area contributed by atoms with E-state index in [9.17, 15) is 0 Å². The maximum atomic E-state index is 6.50. The van der Waals surface area contributed by atoms with Gasteiger partial charge in [-0.25, -0.2) is 0 Å². The molecule has 0 bridgehead atoms. The fourth-order valence-corrected chi connectivity index (χ4v) is 8.52. The highest BCUT2D eigenvalue weighted by atomic mass is 16.3. The summed E-state index contributed by atoms with van der Waals surface area (Å²) in [5, 5.41) is 2.19. The van der Waals surface area contributed by atoms with Crippen LogP contribution in [0.5, 0.6) is 0 Å². The Kier molecular flexibility index (Phi) is 6.75. The molecule has 240 valence electrons. The lowest BCUT2D eigenvalue weighted by atomic mass is 9.68. The second-order valence-corrected chi connectivity index (χ2v) is 13.2. The Morgan fingerprint density at radius 2 is 0.902 bits per heavy atom. The van der Waals surface area contributed by atoms with Gasteiger partial charge in [-0.1, -0.05) is 170 Å². The van der Waals surface area contributed by atoms with E-state index in [1.54, 1.807) is 0 Å². The first kappa shape index (κ1) is 29.3. The van der Waals surface area contributed by atoms with Crippen LogP contribution < -0.4 is 4.90 Å². The van der Waals surface area contributed by atoms with Crippen molar-refractivity contribution in [2.24, 2.45) is 0 Å². The Morgan fingerprint density at radius 3 is 1.67 bits per heavy atom. The molecule has 8 aromatic carbocycles. The first-order valence-electron chi connectivity index (χ1n) is 17.5. The lowest BCUT2D eigenvalue weighted by molar-refractivity contribution is 0.669. The van der Waals surface area contributed by atoms with E-state index in [1.807, 2.05) is 6.07 Å². The van der Waals surface area contributed by atoms with E-state index in [0.29, 0.717) is 0 Å². The molecule has 1 aromatic heterocycles. The third-order valence-electron chi connectivity index (χ3n) is 10.6. The molecule has 0 amide bonds. The van der Waals surface area contributed by atoms with Crippen LogP contribution in [0.25, 0.3) is 44.2 Å². The highest BCUT2D eigenvalue weighted by molar-refractivity contribution is 6.14. The average Bonchev–Trinajstić information content (AvgIpc) is 3.74. The molecular weight excluding hydrogens is 619 g/mol. The van der Waals surface area contributed by atoms with Crippen LogP contribution in [0.2, 0.25) is 0 Å². The quantitative estimate of drug-likeness (QED) is 0.178. The number of hydrogen-bond donors (Lipinski definition) is 0. The molecule has 0 atom stereocenters. The van der Waals surface area contributed by atoms with Crippen LogP contribution in [0, 0.1) is 0 Å². The summed E-state index contributed by atoms with van der Waals surface area (Å²) in [4.78, 5) is 2.48. The molecule has 9 aromatic rings. The van der Waals surface area contributed by atoms with Gasteiger partial charge in [0.1, 0.15) is 11.2 Å². The van der Waals surface area contributed by atoms with E-state index >= 15 is 0 Å². The molecule has 0 aliphatic heterocycles. The van der Waals surface area contributed by atoms with Gasteiger partial charge >= 0.3 is 0 Å². The number of para-hydroxylation sites is 2. The van der Waals surface area contributed by atoms with Gasteiger partial charge in [0.05, 0.1) is 27.9 Å². The van der Waals surface area contributed by atoms with Crippen LogP contribution in [0.4, 0.5) is 17.1 Å². The Hall–Kier alpha value is -6.64. The first-order chi connectivity index (χ1) is 25.3. The molecule has 1 aliphatic rings. The Labute approximate surface area is 297 Å². The topological polar surface area (TPSA) is 16.4 Å². The molecule has 0 N–H and O–H groups in total. The zero-order valence-corrected chi connectivity index (χ0v) is 27.9. The summed E-state index contributed by atoms with van der Waals surface area (Å²) >= 11 is 0. The van der Waals surface area contributed by atoms with Gasteiger partial charge in [0.2, 0.25) is 0 Å². The lowest BCUT2D eigenvalue weighted by Crippen LogP contribution is -2.28. The van der Waals surface area contributed by atoms with Crippen LogP contribution in [-0.4, -0.2) is 0 Å². The number of anilines is 3. The zero-order valence-electron chi connectivity index (χ0n) is 27.9. The first-order valence-corrected chi connectivity index (χ1v) is 17.5. The molecule has 51 heavy (non-hydrogen) atoms. The number of benzene rings is 8. The Balaban J connectivity index is 1.35. The van der Waals surface area contributed by atoms with Crippen molar-refractivity contribution in [2.45, 2.75) is 5.41 Å². The molecule has 1 heterocycles. The average molecular weight is 652 g/mol. The lowest BCUT2D eigenvalue weighted by Gasteiger charge is -2.34. The van der Waals surface area contributed by atoms with Crippen molar-refractivity contribution in [3.05, 3.63) is 222 Å². The van der Waals surface area contributed by atoms with Crippen molar-refractivity contribution >= 4 is 39.0 Å². The molecule has 0 unspecified atom stereocenters. The molecule has 0 saturated carbocycles. The fourth-order valence-electron chi connectivity index (χ4n) is 8.52. The molecule has 2 heteroatoms. The third kappa shape index (κ3) is 4.36. The molecule has 2 nitrogen and oxygen atoms in total. The SMILES string of the molecule is c1ccc(-c2ccccc2N(c2cccc3c2-c2ccccc2C3(c2ccccc2)c2ccccc2)c2cccc3oc4ccccc4c23)cc1. The van der Waals surface area contributed by atoms with Gasteiger partial charge in [0.25, 0.3) is 0 Å². The van der Waals surface area contributed by atoms with Crippen LogP contribution in [-0.2, 0) is 5.41 Å². The van der Waals surface area contributed by atoms with Gasteiger partial charge < -0.3 is 9.32 Å². The standard InChI is InChI=1S/C49H33NO/c1-4-18-34(19-5-1)37-24-11-14-29-42(37)50(44-31-17-33-46-48(44)39-26-12-15-32-45(39)51-46)43-30-16-28-41-47(43)38-25-10-13-27-40(38)49(41,35-20-6-2-7-21-35)36-22-8-3-9-23-36/h1-33H.